The molecule has 1 nitrogen and oxygen atoms in total. The summed E-state index contributed by atoms with van der Waals surface area (Å²) in [5.41, 5.74) is 1.58. The lowest BCUT2D eigenvalue weighted by Gasteiger charge is -2.66. The van der Waals surface area contributed by atoms with Crippen molar-refractivity contribution < 1.29 is 5.11 Å². The summed E-state index contributed by atoms with van der Waals surface area (Å²) < 4.78 is 0. The lowest BCUT2D eigenvalue weighted by molar-refractivity contribution is -0.156. The van der Waals surface area contributed by atoms with Gasteiger partial charge in [0.05, 0.1) is 6.10 Å². The largest absolute Gasteiger partial charge is 0.393 e. The third-order valence-corrected chi connectivity index (χ3v) is 6.19. The third kappa shape index (κ3) is 2.64. The molecule has 0 aromatic carbocycles. The maximum Gasteiger partial charge on any atom is 0.0554 e. The van der Waals surface area contributed by atoms with Crippen molar-refractivity contribution in [2.45, 2.75) is 84.7 Å². The molecule has 0 aromatic rings. The summed E-state index contributed by atoms with van der Waals surface area (Å²) in [6.07, 6.45) is 11.0. The van der Waals surface area contributed by atoms with Crippen LogP contribution >= 0.6 is 0 Å². The van der Waals surface area contributed by atoms with Gasteiger partial charge < -0.3 is 5.11 Å². The summed E-state index contributed by atoms with van der Waals surface area (Å²) in [5, 5.41) is 10.4. The number of rotatable bonds is 4. The topological polar surface area (TPSA) is 20.2 Å². The van der Waals surface area contributed by atoms with Crippen molar-refractivity contribution in [3.8, 4) is 11.8 Å². The van der Waals surface area contributed by atoms with E-state index in [9.17, 15) is 5.11 Å². The lowest BCUT2D eigenvalue weighted by Crippen LogP contribution is -2.55. The molecule has 4 rings (SSSR count). The summed E-state index contributed by atoms with van der Waals surface area (Å²) in [6.45, 7) is 6.91. The molecule has 0 radical (unpaired) electrons. The highest BCUT2D eigenvalue weighted by atomic mass is 16.3. The van der Waals surface area contributed by atoms with Gasteiger partial charge in [-0.2, -0.15) is 0 Å². The zero-order valence-corrected chi connectivity index (χ0v) is 13.5. The first-order chi connectivity index (χ1) is 9.36. The molecule has 0 spiro atoms. The molecular weight excluding hydrogens is 244 g/mol. The van der Waals surface area contributed by atoms with Gasteiger partial charge in [0.2, 0.25) is 0 Å². The van der Waals surface area contributed by atoms with Gasteiger partial charge >= 0.3 is 0 Å². The molecule has 0 aromatic heterocycles. The Balaban J connectivity index is 1.70. The van der Waals surface area contributed by atoms with Crippen LogP contribution in [0.1, 0.15) is 78.6 Å². The maximum absolute atomic E-state index is 10.4. The first-order valence-electron chi connectivity index (χ1n) is 8.44. The number of aliphatic hydroxyl groups is 1. The van der Waals surface area contributed by atoms with E-state index in [0.29, 0.717) is 16.2 Å². The number of aliphatic hydroxyl groups excluding tert-OH is 1. The molecule has 20 heavy (non-hydrogen) atoms. The van der Waals surface area contributed by atoms with E-state index in [1.165, 1.54) is 38.5 Å². The van der Waals surface area contributed by atoms with Crippen LogP contribution in [-0.2, 0) is 0 Å². The maximum atomic E-state index is 10.4. The fraction of sp³-hybridized carbons (Fsp3) is 0.895. The molecule has 1 heteroatoms. The normalized spacial score (nSPS) is 46.9. The van der Waals surface area contributed by atoms with E-state index in [2.05, 4.69) is 25.7 Å². The predicted molar refractivity (Wildman–Crippen MR) is 83.1 cm³/mol. The molecule has 4 fully saturated rings. The van der Waals surface area contributed by atoms with Gasteiger partial charge in [-0.15, -0.1) is 11.8 Å². The fourth-order valence-electron chi connectivity index (χ4n) is 6.88. The van der Waals surface area contributed by atoms with Crippen LogP contribution in [0.3, 0.4) is 0 Å². The molecule has 112 valence electrons. The quantitative estimate of drug-likeness (QED) is 0.746. The first kappa shape index (κ1) is 14.5. The molecule has 0 heterocycles. The van der Waals surface area contributed by atoms with E-state index in [1.807, 2.05) is 6.92 Å². The Kier molecular flexibility index (Phi) is 3.45. The minimum atomic E-state index is -0.140. The van der Waals surface area contributed by atoms with Crippen LogP contribution in [0.4, 0.5) is 0 Å². The standard InChI is InChI=1S/C19H30O/c1-4-5-6-7-16(20)11-19-10-15-8-17(2,13-19)12-18(3,9-15)14-19/h15-16,20H,6-14H2,1-3H3. The molecule has 1 N–H and O–H groups in total. The minimum Gasteiger partial charge on any atom is -0.393 e. The van der Waals surface area contributed by atoms with Crippen LogP contribution in [-0.4, -0.2) is 11.2 Å². The van der Waals surface area contributed by atoms with Gasteiger partial charge in [0, 0.05) is 6.42 Å². The Morgan fingerprint density at radius 1 is 1.10 bits per heavy atom. The molecule has 4 aliphatic carbocycles. The summed E-state index contributed by atoms with van der Waals surface area (Å²) in [7, 11) is 0. The van der Waals surface area contributed by atoms with Gasteiger partial charge in [0.15, 0.2) is 0 Å². The van der Waals surface area contributed by atoms with Crippen molar-refractivity contribution in [2.24, 2.45) is 22.2 Å². The third-order valence-electron chi connectivity index (χ3n) is 6.19. The number of hydrogen-bond acceptors (Lipinski definition) is 1. The van der Waals surface area contributed by atoms with Crippen LogP contribution in [0.15, 0.2) is 0 Å². The molecule has 3 unspecified atom stereocenters. The number of hydrogen-bond donors (Lipinski definition) is 1. The second-order valence-corrected chi connectivity index (χ2v) is 8.95. The van der Waals surface area contributed by atoms with Crippen molar-refractivity contribution >= 4 is 0 Å². The second kappa shape index (κ2) is 4.77. The Labute approximate surface area is 124 Å². The van der Waals surface area contributed by atoms with Gasteiger partial charge in [-0.1, -0.05) is 13.8 Å². The second-order valence-electron chi connectivity index (χ2n) is 8.95. The van der Waals surface area contributed by atoms with Crippen molar-refractivity contribution in [1.29, 1.82) is 0 Å². The molecule has 4 saturated carbocycles. The van der Waals surface area contributed by atoms with Gasteiger partial charge in [-0.3, -0.25) is 0 Å². The highest BCUT2D eigenvalue weighted by Crippen LogP contribution is 2.70. The van der Waals surface area contributed by atoms with Crippen molar-refractivity contribution in [1.82, 2.24) is 0 Å². The Hall–Kier alpha value is -0.480. The molecule has 0 amide bonds. The minimum absolute atomic E-state index is 0.140. The van der Waals surface area contributed by atoms with Crippen molar-refractivity contribution in [3.05, 3.63) is 0 Å². The molecule has 0 saturated heterocycles. The first-order valence-corrected chi connectivity index (χ1v) is 8.44. The lowest BCUT2D eigenvalue weighted by atomic mass is 9.39. The van der Waals surface area contributed by atoms with E-state index in [1.54, 1.807) is 0 Å². The van der Waals surface area contributed by atoms with E-state index in [-0.39, 0.29) is 6.10 Å². The smallest absolute Gasteiger partial charge is 0.0554 e. The van der Waals surface area contributed by atoms with E-state index in [0.717, 1.165) is 25.2 Å². The van der Waals surface area contributed by atoms with Gasteiger partial charge in [-0.25, -0.2) is 0 Å². The van der Waals surface area contributed by atoms with E-state index >= 15 is 0 Å². The highest BCUT2D eigenvalue weighted by molar-refractivity contribution is 5.10. The summed E-state index contributed by atoms with van der Waals surface area (Å²) >= 11 is 0. The molecule has 4 aliphatic rings. The zero-order chi connectivity index (χ0) is 14.4. The van der Waals surface area contributed by atoms with Gasteiger partial charge in [-0.05, 0) is 80.5 Å². The zero-order valence-electron chi connectivity index (χ0n) is 13.5. The average Bonchev–Trinajstić information content (AvgIpc) is 2.22. The highest BCUT2D eigenvalue weighted by Gasteiger charge is 2.59. The SMILES string of the molecule is CC#CCCC(O)CC12CC3CC(C)(CC(C)(C3)C1)C2. The van der Waals surface area contributed by atoms with Crippen LogP contribution in [0, 0.1) is 34.0 Å². The molecular formula is C19H30O. The monoisotopic (exact) mass is 274 g/mol. The van der Waals surface area contributed by atoms with Crippen LogP contribution in [0.2, 0.25) is 0 Å². The van der Waals surface area contributed by atoms with Gasteiger partial charge in [0.25, 0.3) is 0 Å². The summed E-state index contributed by atoms with van der Waals surface area (Å²) in [5.74, 6) is 6.96. The fourth-order valence-corrected chi connectivity index (χ4v) is 6.88. The molecule has 0 aliphatic heterocycles. The predicted octanol–water partition coefficient (Wildman–Crippen LogP) is 4.54. The Morgan fingerprint density at radius 3 is 2.30 bits per heavy atom. The molecule has 3 atom stereocenters. The Bertz CT molecular complexity index is 422. The summed E-state index contributed by atoms with van der Waals surface area (Å²) in [6, 6.07) is 0. The van der Waals surface area contributed by atoms with E-state index in [4.69, 9.17) is 0 Å². The summed E-state index contributed by atoms with van der Waals surface area (Å²) in [4.78, 5) is 0. The van der Waals surface area contributed by atoms with Crippen LogP contribution in [0.5, 0.6) is 0 Å². The van der Waals surface area contributed by atoms with E-state index < -0.39 is 0 Å². The van der Waals surface area contributed by atoms with Crippen LogP contribution < -0.4 is 0 Å². The van der Waals surface area contributed by atoms with Crippen LogP contribution in [0.25, 0.3) is 0 Å². The molecule has 4 bridgehead atoms. The average molecular weight is 274 g/mol. The Morgan fingerprint density at radius 2 is 1.75 bits per heavy atom. The van der Waals surface area contributed by atoms with Crippen molar-refractivity contribution in [3.63, 3.8) is 0 Å². The van der Waals surface area contributed by atoms with Crippen molar-refractivity contribution in [2.75, 3.05) is 0 Å². The van der Waals surface area contributed by atoms with Gasteiger partial charge in [0.1, 0.15) is 0 Å².